The summed E-state index contributed by atoms with van der Waals surface area (Å²) in [5, 5.41) is 2.85. The molecular weight excluding hydrogens is 250 g/mol. The number of nitrogens with one attached hydrogen (secondary N) is 1. The number of hydrogen-bond donors (Lipinski definition) is 1. The van der Waals surface area contributed by atoms with E-state index in [2.05, 4.69) is 5.32 Å². The van der Waals surface area contributed by atoms with Gasteiger partial charge in [-0.25, -0.2) is 0 Å². The molecule has 3 nitrogen and oxygen atoms in total. The van der Waals surface area contributed by atoms with Gasteiger partial charge in [0.2, 0.25) is 0 Å². The molecule has 0 aromatic heterocycles. The standard InChI is InChI=1S/C17H17NO2/c1-13(11-14-7-6-10-16(12-14)20-2)17(19)18-15-8-4-3-5-9-15/h3-12H,1-2H3,(H,18,19). The predicted octanol–water partition coefficient (Wildman–Crippen LogP) is 3.74. The summed E-state index contributed by atoms with van der Waals surface area (Å²) >= 11 is 0. The van der Waals surface area contributed by atoms with Crippen LogP contribution in [-0.4, -0.2) is 13.0 Å². The highest BCUT2D eigenvalue weighted by Crippen LogP contribution is 2.16. The Hall–Kier alpha value is -2.55. The summed E-state index contributed by atoms with van der Waals surface area (Å²) in [6, 6.07) is 17.0. The van der Waals surface area contributed by atoms with Crippen molar-refractivity contribution in [2.75, 3.05) is 12.4 Å². The zero-order chi connectivity index (χ0) is 14.4. The Labute approximate surface area is 118 Å². The molecule has 102 valence electrons. The molecule has 0 saturated carbocycles. The van der Waals surface area contributed by atoms with E-state index in [-0.39, 0.29) is 5.91 Å². The predicted molar refractivity (Wildman–Crippen MR) is 81.7 cm³/mol. The van der Waals surface area contributed by atoms with E-state index in [0.29, 0.717) is 5.57 Å². The highest BCUT2D eigenvalue weighted by Gasteiger charge is 2.04. The van der Waals surface area contributed by atoms with Crippen molar-refractivity contribution in [1.82, 2.24) is 0 Å². The molecule has 0 saturated heterocycles. The Morgan fingerprint density at radius 1 is 1.10 bits per heavy atom. The molecule has 0 unspecified atom stereocenters. The lowest BCUT2D eigenvalue weighted by Crippen LogP contribution is -2.12. The van der Waals surface area contributed by atoms with Crippen LogP contribution < -0.4 is 10.1 Å². The number of hydrogen-bond acceptors (Lipinski definition) is 2. The molecule has 0 bridgehead atoms. The first kappa shape index (κ1) is 13.9. The molecule has 0 radical (unpaired) electrons. The van der Waals surface area contributed by atoms with Gasteiger partial charge in [0.25, 0.3) is 5.91 Å². The van der Waals surface area contributed by atoms with E-state index in [0.717, 1.165) is 17.0 Å². The van der Waals surface area contributed by atoms with Gasteiger partial charge in [0.05, 0.1) is 7.11 Å². The van der Waals surface area contributed by atoms with Gasteiger partial charge in [-0.15, -0.1) is 0 Å². The van der Waals surface area contributed by atoms with Crippen molar-refractivity contribution in [1.29, 1.82) is 0 Å². The summed E-state index contributed by atoms with van der Waals surface area (Å²) in [4.78, 5) is 12.1. The van der Waals surface area contributed by atoms with Crippen LogP contribution in [0.2, 0.25) is 0 Å². The maximum Gasteiger partial charge on any atom is 0.251 e. The number of amides is 1. The molecule has 0 aliphatic rings. The van der Waals surface area contributed by atoms with E-state index in [9.17, 15) is 4.79 Å². The van der Waals surface area contributed by atoms with Crippen molar-refractivity contribution in [3.8, 4) is 5.75 Å². The second-order valence-electron chi connectivity index (χ2n) is 4.42. The molecule has 0 atom stereocenters. The van der Waals surface area contributed by atoms with Crippen LogP contribution in [0.25, 0.3) is 6.08 Å². The van der Waals surface area contributed by atoms with Crippen molar-refractivity contribution in [2.45, 2.75) is 6.92 Å². The van der Waals surface area contributed by atoms with Gasteiger partial charge in [-0.1, -0.05) is 30.3 Å². The lowest BCUT2D eigenvalue weighted by Gasteiger charge is -2.06. The third-order valence-electron chi connectivity index (χ3n) is 2.87. The van der Waals surface area contributed by atoms with Crippen molar-refractivity contribution >= 4 is 17.7 Å². The summed E-state index contributed by atoms with van der Waals surface area (Å²) in [7, 11) is 1.62. The average molecular weight is 267 g/mol. The lowest BCUT2D eigenvalue weighted by molar-refractivity contribution is -0.112. The molecule has 3 heteroatoms. The molecule has 1 amide bonds. The quantitative estimate of drug-likeness (QED) is 0.857. The number of carbonyl (C=O) groups is 1. The Morgan fingerprint density at radius 3 is 2.55 bits per heavy atom. The Kier molecular flexibility index (Phi) is 4.56. The van der Waals surface area contributed by atoms with Gasteiger partial charge >= 0.3 is 0 Å². The van der Waals surface area contributed by atoms with Crippen LogP contribution in [0.5, 0.6) is 5.75 Å². The van der Waals surface area contributed by atoms with Gasteiger partial charge < -0.3 is 10.1 Å². The molecule has 20 heavy (non-hydrogen) atoms. The maximum atomic E-state index is 12.1. The summed E-state index contributed by atoms with van der Waals surface area (Å²) in [5.74, 6) is 0.661. The average Bonchev–Trinajstić information content (AvgIpc) is 2.48. The van der Waals surface area contributed by atoms with E-state index in [4.69, 9.17) is 4.74 Å². The summed E-state index contributed by atoms with van der Waals surface area (Å²) in [6.45, 7) is 1.79. The third kappa shape index (κ3) is 3.72. The van der Waals surface area contributed by atoms with Crippen LogP contribution >= 0.6 is 0 Å². The zero-order valence-corrected chi connectivity index (χ0v) is 11.6. The molecule has 2 aromatic rings. The van der Waals surface area contributed by atoms with Gasteiger partial charge in [-0.05, 0) is 42.8 Å². The van der Waals surface area contributed by atoms with Crippen molar-refractivity contribution < 1.29 is 9.53 Å². The highest BCUT2D eigenvalue weighted by atomic mass is 16.5. The minimum atomic E-state index is -0.112. The SMILES string of the molecule is COc1cccc(C=C(C)C(=O)Nc2ccccc2)c1. The van der Waals surface area contributed by atoms with E-state index in [1.54, 1.807) is 14.0 Å². The first-order valence-electron chi connectivity index (χ1n) is 6.38. The number of rotatable bonds is 4. The highest BCUT2D eigenvalue weighted by molar-refractivity contribution is 6.06. The summed E-state index contributed by atoms with van der Waals surface area (Å²) < 4.78 is 5.16. The second-order valence-corrected chi connectivity index (χ2v) is 4.42. The van der Waals surface area contributed by atoms with Crippen LogP contribution in [0.1, 0.15) is 12.5 Å². The van der Waals surface area contributed by atoms with E-state index in [1.807, 2.05) is 60.7 Å². The van der Waals surface area contributed by atoms with Crippen LogP contribution in [-0.2, 0) is 4.79 Å². The summed E-state index contributed by atoms with van der Waals surface area (Å²) in [6.07, 6.45) is 1.83. The topological polar surface area (TPSA) is 38.3 Å². The van der Waals surface area contributed by atoms with Crippen molar-refractivity contribution in [2.24, 2.45) is 0 Å². The number of benzene rings is 2. The zero-order valence-electron chi connectivity index (χ0n) is 11.6. The number of ether oxygens (including phenoxy) is 1. The minimum absolute atomic E-state index is 0.112. The largest absolute Gasteiger partial charge is 0.497 e. The van der Waals surface area contributed by atoms with Crippen LogP contribution in [0, 0.1) is 0 Å². The van der Waals surface area contributed by atoms with Crippen LogP contribution in [0.3, 0.4) is 0 Å². The molecule has 0 spiro atoms. The van der Waals surface area contributed by atoms with Gasteiger partial charge in [-0.2, -0.15) is 0 Å². The van der Waals surface area contributed by atoms with Crippen LogP contribution in [0.4, 0.5) is 5.69 Å². The number of carbonyl (C=O) groups excluding carboxylic acids is 1. The first-order chi connectivity index (χ1) is 9.69. The second kappa shape index (κ2) is 6.57. The monoisotopic (exact) mass is 267 g/mol. The molecule has 0 heterocycles. The third-order valence-corrected chi connectivity index (χ3v) is 2.87. The Bertz CT molecular complexity index is 618. The van der Waals surface area contributed by atoms with E-state index < -0.39 is 0 Å². The fourth-order valence-electron chi connectivity index (χ4n) is 1.80. The number of para-hydroxylation sites is 1. The Balaban J connectivity index is 2.11. The lowest BCUT2D eigenvalue weighted by atomic mass is 10.1. The van der Waals surface area contributed by atoms with Crippen LogP contribution in [0.15, 0.2) is 60.2 Å². The fourth-order valence-corrected chi connectivity index (χ4v) is 1.80. The summed E-state index contributed by atoms with van der Waals surface area (Å²) in [5.41, 5.74) is 2.36. The van der Waals surface area contributed by atoms with Crippen molar-refractivity contribution in [3.63, 3.8) is 0 Å². The number of anilines is 1. The normalized spacial score (nSPS) is 11.0. The molecule has 0 aliphatic carbocycles. The smallest absolute Gasteiger partial charge is 0.251 e. The van der Waals surface area contributed by atoms with Gasteiger partial charge in [0, 0.05) is 11.3 Å². The molecular formula is C17H17NO2. The van der Waals surface area contributed by atoms with Gasteiger partial charge in [0.15, 0.2) is 0 Å². The molecule has 0 aliphatic heterocycles. The fraction of sp³-hybridized carbons (Fsp3) is 0.118. The van der Waals surface area contributed by atoms with E-state index in [1.165, 1.54) is 0 Å². The molecule has 2 rings (SSSR count). The van der Waals surface area contributed by atoms with Gasteiger partial charge in [-0.3, -0.25) is 4.79 Å². The molecule has 0 fully saturated rings. The molecule has 1 N–H and O–H groups in total. The Morgan fingerprint density at radius 2 is 1.85 bits per heavy atom. The van der Waals surface area contributed by atoms with E-state index >= 15 is 0 Å². The number of methoxy groups -OCH3 is 1. The van der Waals surface area contributed by atoms with Crippen molar-refractivity contribution in [3.05, 3.63) is 65.7 Å². The minimum Gasteiger partial charge on any atom is -0.497 e. The van der Waals surface area contributed by atoms with Gasteiger partial charge in [0.1, 0.15) is 5.75 Å². The first-order valence-corrected chi connectivity index (χ1v) is 6.38. The maximum absolute atomic E-state index is 12.1. The molecule has 2 aromatic carbocycles.